The summed E-state index contributed by atoms with van der Waals surface area (Å²) in [5.41, 5.74) is -1.06. The van der Waals surface area contributed by atoms with Crippen LogP contribution in [0.15, 0.2) is 20.3 Å². The molecule has 1 aromatic rings. The van der Waals surface area contributed by atoms with Gasteiger partial charge in [0.25, 0.3) is 5.56 Å². The number of halogens is 1. The van der Waals surface area contributed by atoms with Crippen LogP contribution in [0.1, 0.15) is 12.8 Å². The van der Waals surface area contributed by atoms with Crippen molar-refractivity contribution >= 4 is 21.8 Å². The van der Waals surface area contributed by atoms with Crippen LogP contribution in [0, 0.1) is 5.92 Å². The fourth-order valence-corrected chi connectivity index (χ4v) is 2.87. The molecule has 1 aliphatic heterocycles. The maximum absolute atomic E-state index is 12.2. The van der Waals surface area contributed by atoms with Crippen LogP contribution in [0.25, 0.3) is 0 Å². The van der Waals surface area contributed by atoms with Crippen molar-refractivity contribution in [2.45, 2.75) is 19.4 Å². The molecular weight excluding hydrogens is 340 g/mol. The van der Waals surface area contributed by atoms with E-state index in [1.54, 1.807) is 4.90 Å². The van der Waals surface area contributed by atoms with Gasteiger partial charge in [-0.15, -0.1) is 0 Å². The largest absolute Gasteiger partial charge is 0.341 e. The quantitative estimate of drug-likeness (QED) is 0.777. The molecule has 1 fully saturated rings. The van der Waals surface area contributed by atoms with Crippen LogP contribution in [-0.2, 0) is 11.3 Å². The molecule has 0 aromatic carbocycles. The smallest absolute Gasteiger partial charge is 0.328 e. The van der Waals surface area contributed by atoms with Gasteiger partial charge in [0.2, 0.25) is 5.91 Å². The van der Waals surface area contributed by atoms with Crippen LogP contribution in [0.4, 0.5) is 0 Å². The summed E-state index contributed by atoms with van der Waals surface area (Å²) in [7, 11) is 1.93. The van der Waals surface area contributed by atoms with Gasteiger partial charge in [0, 0.05) is 19.3 Å². The lowest BCUT2D eigenvalue weighted by molar-refractivity contribution is -0.133. The second kappa shape index (κ2) is 7.04. The van der Waals surface area contributed by atoms with Gasteiger partial charge in [-0.05, 0) is 48.3 Å². The zero-order chi connectivity index (χ0) is 15.4. The summed E-state index contributed by atoms with van der Waals surface area (Å²) in [4.78, 5) is 39.1. The van der Waals surface area contributed by atoms with Crippen LogP contribution in [0.2, 0.25) is 0 Å². The molecule has 0 unspecified atom stereocenters. The van der Waals surface area contributed by atoms with E-state index in [4.69, 9.17) is 0 Å². The summed E-state index contributed by atoms with van der Waals surface area (Å²) in [5, 5.41) is 3.15. The first-order valence-electron chi connectivity index (χ1n) is 6.93. The molecule has 8 heteroatoms. The Bertz CT molecular complexity index is 617. The van der Waals surface area contributed by atoms with E-state index in [9.17, 15) is 14.4 Å². The maximum atomic E-state index is 12.2. The zero-order valence-corrected chi connectivity index (χ0v) is 13.5. The molecular formula is C13H19BrN4O3. The number of hydrogen-bond acceptors (Lipinski definition) is 4. The molecule has 2 N–H and O–H groups in total. The van der Waals surface area contributed by atoms with E-state index in [0.717, 1.165) is 19.4 Å². The van der Waals surface area contributed by atoms with Crippen LogP contribution >= 0.6 is 15.9 Å². The topological polar surface area (TPSA) is 87.2 Å². The summed E-state index contributed by atoms with van der Waals surface area (Å²) in [5.74, 6) is 0.503. The Morgan fingerprint density at radius 2 is 2.10 bits per heavy atom. The highest BCUT2D eigenvalue weighted by Gasteiger charge is 2.22. The Morgan fingerprint density at radius 1 is 1.43 bits per heavy atom. The predicted octanol–water partition coefficient (Wildman–Crippen LogP) is -0.243. The van der Waals surface area contributed by atoms with Gasteiger partial charge in [-0.25, -0.2) is 4.79 Å². The number of aromatic amines is 1. The van der Waals surface area contributed by atoms with Crippen LogP contribution in [0.5, 0.6) is 0 Å². The van der Waals surface area contributed by atoms with E-state index >= 15 is 0 Å². The zero-order valence-electron chi connectivity index (χ0n) is 11.9. The highest BCUT2D eigenvalue weighted by molar-refractivity contribution is 9.10. The molecule has 116 valence electrons. The number of carbonyl (C=O) groups excluding carboxylic acids is 1. The lowest BCUT2D eigenvalue weighted by atomic mass is 9.97. The van der Waals surface area contributed by atoms with E-state index in [0.29, 0.717) is 19.0 Å². The van der Waals surface area contributed by atoms with Gasteiger partial charge in [0.1, 0.15) is 6.54 Å². The van der Waals surface area contributed by atoms with Gasteiger partial charge < -0.3 is 10.2 Å². The number of rotatable bonds is 4. The third-order valence-electron chi connectivity index (χ3n) is 3.73. The number of piperidine rings is 1. The van der Waals surface area contributed by atoms with Crippen molar-refractivity contribution in [3.63, 3.8) is 0 Å². The van der Waals surface area contributed by atoms with Crippen molar-refractivity contribution in [3.8, 4) is 0 Å². The molecule has 0 radical (unpaired) electrons. The van der Waals surface area contributed by atoms with Crippen molar-refractivity contribution in [2.24, 2.45) is 5.92 Å². The Kier molecular flexibility index (Phi) is 5.35. The fourth-order valence-electron chi connectivity index (χ4n) is 2.52. The van der Waals surface area contributed by atoms with Crippen molar-refractivity contribution in [1.82, 2.24) is 19.8 Å². The average molecular weight is 359 g/mol. The van der Waals surface area contributed by atoms with Crippen molar-refractivity contribution in [3.05, 3.63) is 31.5 Å². The molecule has 0 atom stereocenters. The summed E-state index contributed by atoms with van der Waals surface area (Å²) in [6, 6.07) is 0. The van der Waals surface area contributed by atoms with Crippen molar-refractivity contribution in [1.29, 1.82) is 0 Å². The number of amides is 1. The maximum Gasteiger partial charge on any atom is 0.328 e. The second-order valence-corrected chi connectivity index (χ2v) is 6.10. The Hall–Kier alpha value is -1.41. The molecule has 1 amide bonds. The molecule has 0 spiro atoms. The standard InChI is InChI=1S/C13H19BrN4O3/c1-15-6-9-2-4-17(5-3-9)11(19)8-18-7-10(14)12(20)16-13(18)21/h7,9,15H,2-6,8H2,1H3,(H,16,20,21). The number of likely N-dealkylation sites (tertiary alicyclic amines) is 1. The highest BCUT2D eigenvalue weighted by Crippen LogP contribution is 2.16. The van der Waals surface area contributed by atoms with E-state index in [1.807, 2.05) is 7.05 Å². The van der Waals surface area contributed by atoms with Crippen LogP contribution < -0.4 is 16.6 Å². The molecule has 1 saturated heterocycles. The van der Waals surface area contributed by atoms with E-state index in [-0.39, 0.29) is 16.9 Å². The van der Waals surface area contributed by atoms with Gasteiger partial charge in [0.15, 0.2) is 0 Å². The first-order chi connectivity index (χ1) is 10.0. The SMILES string of the molecule is CNCC1CCN(C(=O)Cn2cc(Br)c(=O)[nH]c2=O)CC1. The third kappa shape index (κ3) is 4.04. The second-order valence-electron chi connectivity index (χ2n) is 5.25. The highest BCUT2D eigenvalue weighted by atomic mass is 79.9. The number of H-pyrrole nitrogens is 1. The summed E-state index contributed by atoms with van der Waals surface area (Å²) in [6.45, 7) is 2.34. The third-order valence-corrected chi connectivity index (χ3v) is 4.30. The van der Waals surface area contributed by atoms with Gasteiger partial charge in [0.05, 0.1) is 4.47 Å². The number of nitrogens with zero attached hydrogens (tertiary/aromatic N) is 2. The molecule has 0 aliphatic carbocycles. The predicted molar refractivity (Wildman–Crippen MR) is 82.3 cm³/mol. The summed E-state index contributed by atoms with van der Waals surface area (Å²) < 4.78 is 1.45. The van der Waals surface area contributed by atoms with Crippen LogP contribution in [0.3, 0.4) is 0 Å². The van der Waals surface area contributed by atoms with Gasteiger partial charge in [-0.3, -0.25) is 19.1 Å². The van der Waals surface area contributed by atoms with Gasteiger partial charge in [-0.2, -0.15) is 0 Å². The monoisotopic (exact) mass is 358 g/mol. The molecule has 1 aliphatic rings. The van der Waals surface area contributed by atoms with E-state index in [1.165, 1.54) is 10.8 Å². The van der Waals surface area contributed by atoms with E-state index < -0.39 is 11.2 Å². The van der Waals surface area contributed by atoms with E-state index in [2.05, 4.69) is 26.2 Å². The fraction of sp³-hybridized carbons (Fsp3) is 0.615. The molecule has 1 aromatic heterocycles. The van der Waals surface area contributed by atoms with Gasteiger partial charge in [-0.1, -0.05) is 0 Å². The number of nitrogens with one attached hydrogen (secondary N) is 2. The summed E-state index contributed by atoms with van der Waals surface area (Å²) in [6.07, 6.45) is 3.29. The lowest BCUT2D eigenvalue weighted by Crippen LogP contribution is -2.43. The minimum Gasteiger partial charge on any atom is -0.341 e. The van der Waals surface area contributed by atoms with Crippen LogP contribution in [-0.4, -0.2) is 47.0 Å². The number of carbonyl (C=O) groups is 1. The first-order valence-corrected chi connectivity index (χ1v) is 7.72. The average Bonchev–Trinajstić information content (AvgIpc) is 2.46. The van der Waals surface area contributed by atoms with Crippen molar-refractivity contribution < 1.29 is 4.79 Å². The summed E-state index contributed by atoms with van der Waals surface area (Å²) >= 11 is 3.06. The Balaban J connectivity index is 1.98. The minimum absolute atomic E-state index is 0.0507. The molecule has 2 heterocycles. The number of hydrogen-bond donors (Lipinski definition) is 2. The molecule has 0 bridgehead atoms. The molecule has 7 nitrogen and oxygen atoms in total. The van der Waals surface area contributed by atoms with Gasteiger partial charge >= 0.3 is 5.69 Å². The normalized spacial score (nSPS) is 16.2. The first kappa shape index (κ1) is 16.0. The van der Waals surface area contributed by atoms with Crippen molar-refractivity contribution in [2.75, 3.05) is 26.7 Å². The number of aromatic nitrogens is 2. The Morgan fingerprint density at radius 3 is 2.71 bits per heavy atom. The molecule has 2 rings (SSSR count). The minimum atomic E-state index is -0.568. The Labute approximate surface area is 130 Å². The molecule has 0 saturated carbocycles. The lowest BCUT2D eigenvalue weighted by Gasteiger charge is -2.32. The molecule has 21 heavy (non-hydrogen) atoms.